The lowest BCUT2D eigenvalue weighted by atomic mass is 10.2. The van der Waals surface area contributed by atoms with E-state index in [4.69, 9.17) is 4.42 Å². The van der Waals surface area contributed by atoms with Gasteiger partial charge in [-0.2, -0.15) is 0 Å². The molecular formula is C11H13N3O2. The standard InChI is InChI=1S/C11H13N3O2/c1-2-12-7-10-13-14-11(16-10)8-4-3-5-9(15)6-8/h3-6,12,15H,2,7H2,1H3. The average molecular weight is 219 g/mol. The van der Waals surface area contributed by atoms with E-state index in [0.29, 0.717) is 18.3 Å². The zero-order chi connectivity index (χ0) is 11.4. The van der Waals surface area contributed by atoms with Crippen molar-refractivity contribution in [1.82, 2.24) is 15.5 Å². The summed E-state index contributed by atoms with van der Waals surface area (Å²) in [5.41, 5.74) is 0.718. The molecule has 1 heterocycles. The van der Waals surface area contributed by atoms with Gasteiger partial charge in [-0.1, -0.05) is 13.0 Å². The molecule has 0 saturated heterocycles. The van der Waals surface area contributed by atoms with Gasteiger partial charge < -0.3 is 14.8 Å². The minimum atomic E-state index is 0.184. The van der Waals surface area contributed by atoms with Crippen LogP contribution in [0.2, 0.25) is 0 Å². The molecule has 84 valence electrons. The second-order valence-corrected chi connectivity index (χ2v) is 3.33. The monoisotopic (exact) mass is 219 g/mol. The molecule has 2 aromatic rings. The summed E-state index contributed by atoms with van der Waals surface area (Å²) < 4.78 is 5.43. The predicted molar refractivity (Wildman–Crippen MR) is 58.8 cm³/mol. The van der Waals surface area contributed by atoms with Crippen molar-refractivity contribution in [3.8, 4) is 17.2 Å². The van der Waals surface area contributed by atoms with Gasteiger partial charge in [0.25, 0.3) is 0 Å². The summed E-state index contributed by atoms with van der Waals surface area (Å²) in [6.45, 7) is 3.42. The van der Waals surface area contributed by atoms with Crippen LogP contribution in [0.25, 0.3) is 11.5 Å². The number of aromatic nitrogens is 2. The molecule has 1 aromatic heterocycles. The first kappa shape index (κ1) is 10.6. The molecule has 0 aliphatic heterocycles. The van der Waals surface area contributed by atoms with Crippen molar-refractivity contribution in [2.75, 3.05) is 6.54 Å². The Morgan fingerprint density at radius 2 is 2.25 bits per heavy atom. The topological polar surface area (TPSA) is 71.2 Å². The third kappa shape index (κ3) is 2.38. The molecule has 0 bridgehead atoms. The Morgan fingerprint density at radius 1 is 1.38 bits per heavy atom. The predicted octanol–water partition coefficient (Wildman–Crippen LogP) is 1.55. The van der Waals surface area contributed by atoms with Crippen LogP contribution in [-0.2, 0) is 6.54 Å². The van der Waals surface area contributed by atoms with Crippen molar-refractivity contribution in [2.24, 2.45) is 0 Å². The highest BCUT2D eigenvalue weighted by Gasteiger charge is 2.08. The molecule has 0 unspecified atom stereocenters. The molecule has 1 aromatic carbocycles. The quantitative estimate of drug-likeness (QED) is 0.816. The molecule has 2 rings (SSSR count). The van der Waals surface area contributed by atoms with Gasteiger partial charge >= 0.3 is 0 Å². The lowest BCUT2D eigenvalue weighted by Crippen LogP contribution is -2.11. The zero-order valence-electron chi connectivity index (χ0n) is 8.97. The number of hydrogen-bond acceptors (Lipinski definition) is 5. The van der Waals surface area contributed by atoms with Gasteiger partial charge in [0.2, 0.25) is 11.8 Å². The molecule has 0 fully saturated rings. The Morgan fingerprint density at radius 3 is 3.00 bits per heavy atom. The summed E-state index contributed by atoms with van der Waals surface area (Å²) in [7, 11) is 0. The molecule has 16 heavy (non-hydrogen) atoms. The van der Waals surface area contributed by atoms with Gasteiger partial charge in [0, 0.05) is 5.56 Å². The van der Waals surface area contributed by atoms with Crippen LogP contribution < -0.4 is 5.32 Å². The van der Waals surface area contributed by atoms with Crippen LogP contribution in [0.5, 0.6) is 5.75 Å². The van der Waals surface area contributed by atoms with Gasteiger partial charge in [-0.3, -0.25) is 0 Å². The van der Waals surface area contributed by atoms with E-state index in [-0.39, 0.29) is 5.75 Å². The largest absolute Gasteiger partial charge is 0.508 e. The van der Waals surface area contributed by atoms with E-state index in [0.717, 1.165) is 12.1 Å². The summed E-state index contributed by atoms with van der Waals surface area (Å²) in [4.78, 5) is 0. The Bertz CT molecular complexity index is 468. The third-order valence-corrected chi connectivity index (χ3v) is 2.09. The number of benzene rings is 1. The maximum atomic E-state index is 9.32. The van der Waals surface area contributed by atoms with Gasteiger partial charge in [0.1, 0.15) is 5.75 Å². The summed E-state index contributed by atoms with van der Waals surface area (Å²) in [6.07, 6.45) is 0. The van der Waals surface area contributed by atoms with Crippen LogP contribution in [0.1, 0.15) is 12.8 Å². The third-order valence-electron chi connectivity index (χ3n) is 2.09. The molecule has 5 nitrogen and oxygen atoms in total. The van der Waals surface area contributed by atoms with E-state index in [2.05, 4.69) is 15.5 Å². The van der Waals surface area contributed by atoms with Crippen molar-refractivity contribution >= 4 is 0 Å². The van der Waals surface area contributed by atoms with Crippen LogP contribution in [0.4, 0.5) is 0 Å². The van der Waals surface area contributed by atoms with E-state index in [9.17, 15) is 5.11 Å². The number of nitrogens with zero attached hydrogens (tertiary/aromatic N) is 2. The highest BCUT2D eigenvalue weighted by Crippen LogP contribution is 2.21. The van der Waals surface area contributed by atoms with Gasteiger partial charge in [0.05, 0.1) is 6.54 Å². The van der Waals surface area contributed by atoms with Crippen molar-refractivity contribution < 1.29 is 9.52 Å². The molecule has 0 amide bonds. The second-order valence-electron chi connectivity index (χ2n) is 3.33. The number of phenols is 1. The van der Waals surface area contributed by atoms with E-state index in [1.54, 1.807) is 18.2 Å². The minimum Gasteiger partial charge on any atom is -0.508 e. The molecule has 0 saturated carbocycles. The minimum absolute atomic E-state index is 0.184. The maximum absolute atomic E-state index is 9.32. The fourth-order valence-corrected chi connectivity index (χ4v) is 1.31. The molecule has 0 spiro atoms. The molecule has 2 N–H and O–H groups in total. The average Bonchev–Trinajstić information content (AvgIpc) is 2.75. The second kappa shape index (κ2) is 4.76. The van der Waals surface area contributed by atoms with Crippen LogP contribution in [0.15, 0.2) is 28.7 Å². The smallest absolute Gasteiger partial charge is 0.247 e. The maximum Gasteiger partial charge on any atom is 0.247 e. The first-order chi connectivity index (χ1) is 7.79. The van der Waals surface area contributed by atoms with E-state index in [1.165, 1.54) is 0 Å². The Kier molecular flexibility index (Phi) is 3.16. The molecule has 0 aliphatic rings. The lowest BCUT2D eigenvalue weighted by Gasteiger charge is -1.96. The summed E-state index contributed by atoms with van der Waals surface area (Å²) in [5.74, 6) is 1.15. The first-order valence-corrected chi connectivity index (χ1v) is 5.12. The van der Waals surface area contributed by atoms with Gasteiger partial charge in [0.15, 0.2) is 0 Å². The summed E-state index contributed by atoms with van der Waals surface area (Å²) in [6, 6.07) is 6.73. The fraction of sp³-hybridized carbons (Fsp3) is 0.273. The lowest BCUT2D eigenvalue weighted by molar-refractivity contribution is 0.472. The summed E-state index contributed by atoms with van der Waals surface area (Å²) in [5, 5.41) is 20.2. The van der Waals surface area contributed by atoms with Gasteiger partial charge in [-0.25, -0.2) is 0 Å². The fourth-order valence-electron chi connectivity index (χ4n) is 1.31. The highest BCUT2D eigenvalue weighted by molar-refractivity contribution is 5.54. The van der Waals surface area contributed by atoms with Crippen LogP contribution in [0.3, 0.4) is 0 Å². The summed E-state index contributed by atoms with van der Waals surface area (Å²) >= 11 is 0. The number of rotatable bonds is 4. The molecule has 0 radical (unpaired) electrons. The Labute approximate surface area is 93.1 Å². The van der Waals surface area contributed by atoms with Crippen LogP contribution in [0, 0.1) is 0 Å². The molecule has 0 aliphatic carbocycles. The molecule has 0 atom stereocenters. The van der Waals surface area contributed by atoms with Crippen molar-refractivity contribution in [3.63, 3.8) is 0 Å². The Hall–Kier alpha value is -1.88. The number of nitrogens with one attached hydrogen (secondary N) is 1. The van der Waals surface area contributed by atoms with E-state index in [1.807, 2.05) is 13.0 Å². The Balaban J connectivity index is 2.18. The number of phenolic OH excluding ortho intramolecular Hbond substituents is 1. The number of hydrogen-bond donors (Lipinski definition) is 2. The van der Waals surface area contributed by atoms with Crippen LogP contribution >= 0.6 is 0 Å². The first-order valence-electron chi connectivity index (χ1n) is 5.12. The van der Waals surface area contributed by atoms with Gasteiger partial charge in [-0.05, 0) is 24.7 Å². The molecular weight excluding hydrogens is 206 g/mol. The van der Waals surface area contributed by atoms with Crippen molar-refractivity contribution in [3.05, 3.63) is 30.2 Å². The SMILES string of the molecule is CCNCc1nnc(-c2cccc(O)c2)o1. The molecule has 5 heteroatoms. The van der Waals surface area contributed by atoms with Crippen LogP contribution in [-0.4, -0.2) is 21.8 Å². The highest BCUT2D eigenvalue weighted by atomic mass is 16.4. The zero-order valence-corrected chi connectivity index (χ0v) is 8.97. The number of aromatic hydroxyl groups is 1. The van der Waals surface area contributed by atoms with Crippen molar-refractivity contribution in [2.45, 2.75) is 13.5 Å². The van der Waals surface area contributed by atoms with Crippen molar-refractivity contribution in [1.29, 1.82) is 0 Å². The van der Waals surface area contributed by atoms with E-state index < -0.39 is 0 Å². The normalized spacial score (nSPS) is 10.6. The van der Waals surface area contributed by atoms with E-state index >= 15 is 0 Å². The van der Waals surface area contributed by atoms with Gasteiger partial charge in [-0.15, -0.1) is 10.2 Å².